The van der Waals surface area contributed by atoms with E-state index >= 15 is 0 Å². The van der Waals surface area contributed by atoms with Crippen LogP contribution in [-0.4, -0.2) is 27.5 Å². The second-order valence-corrected chi connectivity index (χ2v) is 8.80. The molecule has 2 aromatic carbocycles. The van der Waals surface area contributed by atoms with Crippen LogP contribution in [0.15, 0.2) is 89.5 Å². The van der Waals surface area contributed by atoms with Crippen LogP contribution in [0.4, 0.5) is 5.69 Å². The van der Waals surface area contributed by atoms with E-state index in [-0.39, 0.29) is 5.91 Å². The van der Waals surface area contributed by atoms with Gasteiger partial charge >= 0.3 is 0 Å². The summed E-state index contributed by atoms with van der Waals surface area (Å²) in [4.78, 5) is 23.7. The van der Waals surface area contributed by atoms with E-state index in [2.05, 4.69) is 47.7 Å². The molecule has 166 valence electrons. The number of benzene rings is 2. The number of carbonyl (C=O) groups is 1. The van der Waals surface area contributed by atoms with E-state index in [4.69, 9.17) is 16.3 Å². The number of ether oxygens (including phenoxy) is 1. The second-order valence-electron chi connectivity index (χ2n) is 7.38. The Balaban J connectivity index is 1.49. The van der Waals surface area contributed by atoms with Gasteiger partial charge in [0.05, 0.1) is 15.6 Å². The van der Waals surface area contributed by atoms with Gasteiger partial charge in [-0.25, -0.2) is 4.99 Å². The molecule has 0 saturated carbocycles. The number of rotatable bonds is 7. The quantitative estimate of drug-likeness (QED) is 0.292. The van der Waals surface area contributed by atoms with E-state index in [0.717, 1.165) is 16.9 Å². The van der Waals surface area contributed by atoms with Gasteiger partial charge in [-0.1, -0.05) is 59.6 Å². The molecule has 0 N–H and O–H groups in total. The van der Waals surface area contributed by atoms with Crippen LogP contribution in [-0.2, 0) is 11.4 Å². The number of aryl methyl sites for hydroxylation is 1. The van der Waals surface area contributed by atoms with Crippen molar-refractivity contribution in [2.24, 2.45) is 4.99 Å². The van der Waals surface area contributed by atoms with Crippen LogP contribution in [0.2, 0.25) is 5.02 Å². The molecule has 3 aromatic rings. The molecule has 1 aliphatic rings. The molecule has 1 fully saturated rings. The lowest BCUT2D eigenvalue weighted by molar-refractivity contribution is -0.121. The van der Waals surface area contributed by atoms with E-state index < -0.39 is 0 Å². The SMILES string of the molecule is C=CCN1C(=O)/C(=C/c2ccc(OCc3ccc(C)cc3)cc2)SC1=Nc1ccncc1Cl. The Morgan fingerprint density at radius 3 is 2.61 bits per heavy atom. The molecule has 1 aromatic heterocycles. The number of aliphatic imine (C=N–C) groups is 1. The summed E-state index contributed by atoms with van der Waals surface area (Å²) in [6.45, 7) is 6.67. The van der Waals surface area contributed by atoms with Gasteiger partial charge in [-0.2, -0.15) is 0 Å². The lowest BCUT2D eigenvalue weighted by Crippen LogP contribution is -2.29. The van der Waals surface area contributed by atoms with Crippen molar-refractivity contribution in [3.63, 3.8) is 0 Å². The molecule has 2 heterocycles. The number of hydrogen-bond donors (Lipinski definition) is 0. The van der Waals surface area contributed by atoms with E-state index in [1.54, 1.807) is 23.2 Å². The lowest BCUT2D eigenvalue weighted by Gasteiger charge is -2.12. The number of thioether (sulfide) groups is 1. The maximum atomic E-state index is 13.0. The molecule has 1 aliphatic heterocycles. The van der Waals surface area contributed by atoms with Crippen molar-refractivity contribution < 1.29 is 9.53 Å². The van der Waals surface area contributed by atoms with E-state index in [1.807, 2.05) is 30.3 Å². The molecule has 1 amide bonds. The standard InChI is InChI=1S/C26H22ClN3O2S/c1-3-14-30-25(31)24(33-26(30)29-23-12-13-28-16-22(23)27)15-19-8-10-21(11-9-19)32-17-20-6-4-18(2)5-7-20/h3-13,15-16H,1,14,17H2,2H3/b24-15-,29-26?. The van der Waals surface area contributed by atoms with Crippen LogP contribution in [0.1, 0.15) is 16.7 Å². The monoisotopic (exact) mass is 475 g/mol. The van der Waals surface area contributed by atoms with Gasteiger partial charge in [-0.05, 0) is 54.1 Å². The average Bonchev–Trinajstić information content (AvgIpc) is 3.10. The number of aromatic nitrogens is 1. The molecule has 7 heteroatoms. The molecule has 0 unspecified atom stereocenters. The molecule has 0 aliphatic carbocycles. The third-order valence-electron chi connectivity index (χ3n) is 4.87. The smallest absolute Gasteiger partial charge is 0.267 e. The maximum Gasteiger partial charge on any atom is 0.267 e. The Morgan fingerprint density at radius 1 is 1.15 bits per heavy atom. The Hall–Kier alpha value is -3.35. The molecule has 33 heavy (non-hydrogen) atoms. The van der Waals surface area contributed by atoms with Gasteiger partial charge in [0.1, 0.15) is 12.4 Å². The van der Waals surface area contributed by atoms with E-state index in [1.165, 1.54) is 23.5 Å². The summed E-state index contributed by atoms with van der Waals surface area (Å²) < 4.78 is 5.87. The van der Waals surface area contributed by atoms with Crippen LogP contribution >= 0.6 is 23.4 Å². The van der Waals surface area contributed by atoms with Gasteiger partial charge in [0.25, 0.3) is 5.91 Å². The third-order valence-corrected chi connectivity index (χ3v) is 6.17. The highest BCUT2D eigenvalue weighted by Crippen LogP contribution is 2.35. The highest BCUT2D eigenvalue weighted by molar-refractivity contribution is 8.18. The molecular weight excluding hydrogens is 454 g/mol. The van der Waals surface area contributed by atoms with Gasteiger partial charge < -0.3 is 4.74 Å². The van der Waals surface area contributed by atoms with Crippen molar-refractivity contribution in [3.8, 4) is 5.75 Å². The van der Waals surface area contributed by atoms with Crippen molar-refractivity contribution in [1.82, 2.24) is 9.88 Å². The van der Waals surface area contributed by atoms with Crippen molar-refractivity contribution in [3.05, 3.63) is 106 Å². The minimum absolute atomic E-state index is 0.122. The highest BCUT2D eigenvalue weighted by Gasteiger charge is 2.32. The zero-order valence-electron chi connectivity index (χ0n) is 18.1. The topological polar surface area (TPSA) is 54.8 Å². The summed E-state index contributed by atoms with van der Waals surface area (Å²) in [5.41, 5.74) is 3.80. The van der Waals surface area contributed by atoms with Crippen LogP contribution in [0.5, 0.6) is 5.75 Å². The van der Waals surface area contributed by atoms with Gasteiger partial charge in [0, 0.05) is 18.9 Å². The Morgan fingerprint density at radius 2 is 1.91 bits per heavy atom. The highest BCUT2D eigenvalue weighted by atomic mass is 35.5. The summed E-state index contributed by atoms with van der Waals surface area (Å²) in [6, 6.07) is 17.6. The first-order valence-electron chi connectivity index (χ1n) is 10.3. The van der Waals surface area contributed by atoms with Crippen molar-refractivity contribution in [2.75, 3.05) is 6.54 Å². The number of halogens is 1. The Bertz CT molecular complexity index is 1220. The van der Waals surface area contributed by atoms with Crippen molar-refractivity contribution in [2.45, 2.75) is 13.5 Å². The predicted molar refractivity (Wildman–Crippen MR) is 136 cm³/mol. The Kier molecular flexibility index (Phi) is 7.27. The first-order chi connectivity index (χ1) is 16.0. The van der Waals surface area contributed by atoms with Crippen LogP contribution in [0.25, 0.3) is 6.08 Å². The van der Waals surface area contributed by atoms with Crippen LogP contribution in [0.3, 0.4) is 0 Å². The number of hydrogen-bond acceptors (Lipinski definition) is 5. The zero-order valence-corrected chi connectivity index (χ0v) is 19.6. The molecule has 0 radical (unpaired) electrons. The first kappa shape index (κ1) is 22.8. The molecule has 5 nitrogen and oxygen atoms in total. The van der Waals surface area contributed by atoms with Gasteiger partial charge in [0.15, 0.2) is 5.17 Å². The number of carbonyl (C=O) groups excluding carboxylic acids is 1. The minimum Gasteiger partial charge on any atom is -0.489 e. The number of amides is 1. The molecule has 1 saturated heterocycles. The van der Waals surface area contributed by atoms with Crippen molar-refractivity contribution in [1.29, 1.82) is 0 Å². The summed E-state index contributed by atoms with van der Waals surface area (Å²) in [7, 11) is 0. The van der Waals surface area contributed by atoms with Gasteiger partial charge in [-0.15, -0.1) is 6.58 Å². The zero-order chi connectivity index (χ0) is 23.2. The Labute approximate surface area is 202 Å². The fourth-order valence-corrected chi connectivity index (χ4v) is 4.27. The second kappa shape index (κ2) is 10.5. The summed E-state index contributed by atoms with van der Waals surface area (Å²) in [6.07, 6.45) is 6.66. The maximum absolute atomic E-state index is 13.0. The van der Waals surface area contributed by atoms with Crippen molar-refractivity contribution >= 4 is 46.2 Å². The number of amidine groups is 1. The van der Waals surface area contributed by atoms with E-state index in [9.17, 15) is 4.79 Å². The first-order valence-corrected chi connectivity index (χ1v) is 11.5. The molecular formula is C26H22ClN3O2S. The third kappa shape index (κ3) is 5.72. The molecule has 0 spiro atoms. The normalized spacial score (nSPS) is 15.9. The number of nitrogens with zero attached hydrogens (tertiary/aromatic N) is 3. The van der Waals surface area contributed by atoms with Crippen LogP contribution < -0.4 is 4.74 Å². The predicted octanol–water partition coefficient (Wildman–Crippen LogP) is 6.41. The lowest BCUT2D eigenvalue weighted by atomic mass is 10.1. The largest absolute Gasteiger partial charge is 0.489 e. The average molecular weight is 476 g/mol. The fourth-order valence-electron chi connectivity index (χ4n) is 3.11. The fraction of sp³-hybridized carbons (Fsp3) is 0.115. The van der Waals surface area contributed by atoms with Crippen LogP contribution in [0, 0.1) is 6.92 Å². The van der Waals surface area contributed by atoms with Gasteiger partial charge in [-0.3, -0.25) is 14.7 Å². The summed E-state index contributed by atoms with van der Waals surface area (Å²) in [5.74, 6) is 0.648. The summed E-state index contributed by atoms with van der Waals surface area (Å²) >= 11 is 7.50. The summed E-state index contributed by atoms with van der Waals surface area (Å²) in [5, 5.41) is 0.979. The van der Waals surface area contributed by atoms with Gasteiger partial charge in [0.2, 0.25) is 0 Å². The molecule has 0 atom stereocenters. The number of pyridine rings is 1. The molecule has 4 rings (SSSR count). The molecule has 0 bridgehead atoms. The van der Waals surface area contributed by atoms with E-state index in [0.29, 0.717) is 33.9 Å². The minimum atomic E-state index is -0.122.